The minimum Gasteiger partial charge on any atom is -0.387 e. The molecule has 4 nitrogen and oxygen atoms in total. The first-order valence-corrected chi connectivity index (χ1v) is 4.85. The van der Waals surface area contributed by atoms with E-state index in [1.54, 1.807) is 0 Å². The molecule has 1 unspecified atom stereocenters. The van der Waals surface area contributed by atoms with E-state index in [1.165, 1.54) is 12.8 Å². The number of rotatable bonds is 3. The fourth-order valence-corrected chi connectivity index (χ4v) is 1.36. The largest absolute Gasteiger partial charge is 0.387 e. The van der Waals surface area contributed by atoms with Crippen LogP contribution in [-0.2, 0) is 9.47 Å². The summed E-state index contributed by atoms with van der Waals surface area (Å²) in [4.78, 5) is 4.30. The van der Waals surface area contributed by atoms with E-state index in [-0.39, 0.29) is 6.10 Å². The predicted octanol–water partition coefficient (Wildman–Crippen LogP) is 0.169. The highest BCUT2D eigenvalue weighted by atomic mass is 16.6. The maximum Gasteiger partial charge on any atom is 0.100 e. The third-order valence-electron chi connectivity index (χ3n) is 2.36. The van der Waals surface area contributed by atoms with Crippen LogP contribution in [0.25, 0.3) is 0 Å². The summed E-state index contributed by atoms with van der Waals surface area (Å²) in [5, 5.41) is 0. The number of amidine groups is 1. The normalized spacial score (nSPS) is 30.5. The molecule has 0 aromatic heterocycles. The third kappa shape index (κ3) is 2.67. The molecule has 1 aliphatic carbocycles. The quantitative estimate of drug-likeness (QED) is 0.502. The Morgan fingerprint density at radius 2 is 2.23 bits per heavy atom. The van der Waals surface area contributed by atoms with Crippen molar-refractivity contribution < 1.29 is 9.47 Å². The number of ether oxygens (including phenoxy) is 2. The van der Waals surface area contributed by atoms with Crippen molar-refractivity contribution in [3.63, 3.8) is 0 Å². The lowest BCUT2D eigenvalue weighted by molar-refractivity contribution is -0.0832. The molecule has 1 heterocycles. The fourth-order valence-electron chi connectivity index (χ4n) is 1.36. The summed E-state index contributed by atoms with van der Waals surface area (Å²) in [5.74, 6) is 1.36. The molecule has 74 valence electrons. The highest BCUT2D eigenvalue weighted by Gasteiger charge is 2.25. The van der Waals surface area contributed by atoms with Crippen molar-refractivity contribution in [2.45, 2.75) is 18.9 Å². The second kappa shape index (κ2) is 4.07. The number of nitrogens with two attached hydrogens (primary N) is 1. The summed E-state index contributed by atoms with van der Waals surface area (Å²) in [5.41, 5.74) is 5.75. The summed E-state index contributed by atoms with van der Waals surface area (Å²) in [6, 6.07) is 0. The van der Waals surface area contributed by atoms with Gasteiger partial charge in [-0.15, -0.1) is 0 Å². The summed E-state index contributed by atoms with van der Waals surface area (Å²) in [6.45, 7) is 2.70. The van der Waals surface area contributed by atoms with Gasteiger partial charge < -0.3 is 15.2 Å². The van der Waals surface area contributed by atoms with Crippen molar-refractivity contribution in [1.82, 2.24) is 0 Å². The summed E-state index contributed by atoms with van der Waals surface area (Å²) < 4.78 is 10.7. The molecule has 0 amide bonds. The van der Waals surface area contributed by atoms with E-state index in [1.807, 2.05) is 0 Å². The average molecular weight is 184 g/mol. The van der Waals surface area contributed by atoms with Gasteiger partial charge in [0.15, 0.2) is 0 Å². The lowest BCUT2D eigenvalue weighted by Crippen LogP contribution is -2.31. The second-order valence-electron chi connectivity index (χ2n) is 3.61. The fraction of sp³-hybridized carbons (Fsp3) is 0.889. The van der Waals surface area contributed by atoms with Gasteiger partial charge in [-0.05, 0) is 12.8 Å². The van der Waals surface area contributed by atoms with Gasteiger partial charge in [0, 0.05) is 5.92 Å². The van der Waals surface area contributed by atoms with Crippen LogP contribution in [0.1, 0.15) is 12.8 Å². The molecule has 1 saturated heterocycles. The van der Waals surface area contributed by atoms with Crippen molar-refractivity contribution in [3.8, 4) is 0 Å². The maximum absolute atomic E-state index is 5.75. The van der Waals surface area contributed by atoms with Gasteiger partial charge in [0.25, 0.3) is 0 Å². The number of aliphatic imine (C=N–C) groups is 1. The van der Waals surface area contributed by atoms with Crippen LogP contribution in [0, 0.1) is 5.92 Å². The number of nitrogens with zero attached hydrogens (tertiary/aromatic N) is 1. The van der Waals surface area contributed by atoms with Crippen molar-refractivity contribution in [2.75, 3.05) is 26.4 Å². The van der Waals surface area contributed by atoms with Crippen LogP contribution < -0.4 is 5.73 Å². The zero-order valence-corrected chi connectivity index (χ0v) is 7.74. The molecule has 1 atom stereocenters. The lowest BCUT2D eigenvalue weighted by atomic mass is 10.3. The Morgan fingerprint density at radius 1 is 1.38 bits per heavy atom. The SMILES string of the molecule is NC(=NCC1COCCO1)C1CC1. The van der Waals surface area contributed by atoms with Crippen LogP contribution in [0.2, 0.25) is 0 Å². The Morgan fingerprint density at radius 3 is 2.85 bits per heavy atom. The molecule has 0 aromatic rings. The van der Waals surface area contributed by atoms with Crippen LogP contribution in [-0.4, -0.2) is 38.3 Å². The van der Waals surface area contributed by atoms with Gasteiger partial charge in [0.1, 0.15) is 6.10 Å². The van der Waals surface area contributed by atoms with Gasteiger partial charge in [-0.3, -0.25) is 4.99 Å². The number of hydrogen-bond donors (Lipinski definition) is 1. The van der Waals surface area contributed by atoms with Crippen molar-refractivity contribution in [3.05, 3.63) is 0 Å². The molecule has 1 aliphatic heterocycles. The molecule has 2 fully saturated rings. The predicted molar refractivity (Wildman–Crippen MR) is 49.8 cm³/mol. The Bertz CT molecular complexity index is 196. The molecule has 1 saturated carbocycles. The molecule has 2 N–H and O–H groups in total. The summed E-state index contributed by atoms with van der Waals surface area (Å²) in [7, 11) is 0. The molecular formula is C9H16N2O2. The minimum absolute atomic E-state index is 0.117. The summed E-state index contributed by atoms with van der Waals surface area (Å²) in [6.07, 6.45) is 2.53. The Labute approximate surface area is 78.1 Å². The standard InChI is InChI=1S/C9H16N2O2/c10-9(7-1-2-7)11-5-8-6-12-3-4-13-8/h7-8H,1-6H2,(H2,10,11). The Hall–Kier alpha value is -0.610. The highest BCUT2D eigenvalue weighted by Crippen LogP contribution is 2.28. The van der Waals surface area contributed by atoms with Gasteiger partial charge in [0.05, 0.1) is 32.2 Å². The van der Waals surface area contributed by atoms with E-state index >= 15 is 0 Å². The lowest BCUT2D eigenvalue weighted by Gasteiger charge is -2.21. The zero-order chi connectivity index (χ0) is 9.10. The topological polar surface area (TPSA) is 56.8 Å². The first-order chi connectivity index (χ1) is 6.36. The molecule has 0 radical (unpaired) electrons. The van der Waals surface area contributed by atoms with Crippen molar-refractivity contribution in [2.24, 2.45) is 16.6 Å². The van der Waals surface area contributed by atoms with Gasteiger partial charge in [-0.25, -0.2) is 0 Å². The van der Waals surface area contributed by atoms with Gasteiger partial charge in [-0.2, -0.15) is 0 Å². The van der Waals surface area contributed by atoms with E-state index in [0.29, 0.717) is 32.3 Å². The Balaban J connectivity index is 1.73. The van der Waals surface area contributed by atoms with E-state index in [0.717, 1.165) is 5.84 Å². The van der Waals surface area contributed by atoms with Crippen LogP contribution >= 0.6 is 0 Å². The molecule has 13 heavy (non-hydrogen) atoms. The Kier molecular flexibility index (Phi) is 2.80. The maximum atomic E-state index is 5.75. The monoisotopic (exact) mass is 184 g/mol. The smallest absolute Gasteiger partial charge is 0.100 e. The summed E-state index contributed by atoms with van der Waals surface area (Å²) >= 11 is 0. The second-order valence-corrected chi connectivity index (χ2v) is 3.61. The molecule has 0 spiro atoms. The first-order valence-electron chi connectivity index (χ1n) is 4.85. The molecular weight excluding hydrogens is 168 g/mol. The molecule has 2 aliphatic rings. The molecule has 0 aromatic carbocycles. The zero-order valence-electron chi connectivity index (χ0n) is 7.74. The van der Waals surface area contributed by atoms with Gasteiger partial charge >= 0.3 is 0 Å². The average Bonchev–Trinajstić information content (AvgIpc) is 2.99. The number of hydrogen-bond acceptors (Lipinski definition) is 3. The molecule has 4 heteroatoms. The van der Waals surface area contributed by atoms with Crippen LogP contribution in [0.3, 0.4) is 0 Å². The molecule has 2 rings (SSSR count). The minimum atomic E-state index is 0.117. The van der Waals surface area contributed by atoms with E-state index in [2.05, 4.69) is 4.99 Å². The third-order valence-corrected chi connectivity index (χ3v) is 2.36. The van der Waals surface area contributed by atoms with E-state index in [9.17, 15) is 0 Å². The van der Waals surface area contributed by atoms with Crippen molar-refractivity contribution in [1.29, 1.82) is 0 Å². The van der Waals surface area contributed by atoms with Crippen LogP contribution in [0.4, 0.5) is 0 Å². The van der Waals surface area contributed by atoms with Crippen LogP contribution in [0.15, 0.2) is 4.99 Å². The van der Waals surface area contributed by atoms with Crippen LogP contribution in [0.5, 0.6) is 0 Å². The van der Waals surface area contributed by atoms with Crippen molar-refractivity contribution >= 4 is 5.84 Å². The van der Waals surface area contributed by atoms with Gasteiger partial charge in [0.2, 0.25) is 0 Å². The van der Waals surface area contributed by atoms with Gasteiger partial charge in [-0.1, -0.05) is 0 Å². The van der Waals surface area contributed by atoms with E-state index in [4.69, 9.17) is 15.2 Å². The molecule has 0 bridgehead atoms. The highest BCUT2D eigenvalue weighted by molar-refractivity contribution is 5.84. The first kappa shape index (κ1) is 8.97. The van der Waals surface area contributed by atoms with E-state index < -0.39 is 0 Å².